The van der Waals surface area contributed by atoms with E-state index in [0.717, 1.165) is 32.1 Å². The summed E-state index contributed by atoms with van der Waals surface area (Å²) in [5.74, 6) is 0.515. The zero-order valence-corrected chi connectivity index (χ0v) is 12.8. The van der Waals surface area contributed by atoms with Gasteiger partial charge in [0.1, 0.15) is 0 Å². The van der Waals surface area contributed by atoms with E-state index in [2.05, 4.69) is 0 Å². The number of nitriles is 1. The number of nitrogens with zero attached hydrogens (tertiary/aromatic N) is 2. The second kappa shape index (κ2) is 5.78. The van der Waals surface area contributed by atoms with E-state index in [9.17, 15) is 8.42 Å². The molecule has 2 aliphatic rings. The Balaban J connectivity index is 1.94. The van der Waals surface area contributed by atoms with Crippen molar-refractivity contribution >= 4 is 10.0 Å². The van der Waals surface area contributed by atoms with Crippen molar-refractivity contribution < 1.29 is 8.42 Å². The zero-order valence-electron chi connectivity index (χ0n) is 12.0. The predicted octanol–water partition coefficient (Wildman–Crippen LogP) is 2.90. The molecule has 0 unspecified atom stereocenters. The van der Waals surface area contributed by atoms with E-state index >= 15 is 0 Å². The fourth-order valence-corrected chi connectivity index (χ4v) is 5.54. The van der Waals surface area contributed by atoms with Crippen LogP contribution in [0.25, 0.3) is 0 Å². The molecule has 0 spiro atoms. The van der Waals surface area contributed by atoms with Crippen LogP contribution in [0.4, 0.5) is 0 Å². The van der Waals surface area contributed by atoms with Crippen LogP contribution in [-0.4, -0.2) is 25.3 Å². The lowest BCUT2D eigenvalue weighted by molar-refractivity contribution is 0.129. The monoisotopic (exact) mass is 304 g/mol. The Morgan fingerprint density at radius 2 is 1.90 bits per heavy atom. The summed E-state index contributed by atoms with van der Waals surface area (Å²) in [5.41, 5.74) is 0.397. The number of sulfonamides is 1. The van der Waals surface area contributed by atoms with Gasteiger partial charge in [-0.25, -0.2) is 8.42 Å². The molecule has 1 aliphatic heterocycles. The van der Waals surface area contributed by atoms with Crippen molar-refractivity contribution in [1.29, 1.82) is 5.26 Å². The fourth-order valence-electron chi connectivity index (χ4n) is 3.74. The first-order valence-electron chi connectivity index (χ1n) is 7.65. The second-order valence-corrected chi connectivity index (χ2v) is 7.90. The van der Waals surface area contributed by atoms with Crippen molar-refractivity contribution in [3.8, 4) is 6.07 Å². The predicted molar refractivity (Wildman–Crippen MR) is 80.0 cm³/mol. The number of piperidine rings is 1. The minimum Gasteiger partial charge on any atom is -0.207 e. The molecule has 0 bridgehead atoms. The van der Waals surface area contributed by atoms with E-state index in [-0.39, 0.29) is 10.9 Å². The van der Waals surface area contributed by atoms with Crippen LogP contribution in [0.5, 0.6) is 0 Å². The van der Waals surface area contributed by atoms with E-state index < -0.39 is 10.0 Å². The summed E-state index contributed by atoms with van der Waals surface area (Å²) in [6, 6.07) is 8.54. The molecule has 1 aromatic rings. The van der Waals surface area contributed by atoms with E-state index in [0.29, 0.717) is 18.0 Å². The number of benzene rings is 1. The van der Waals surface area contributed by atoms with Crippen molar-refractivity contribution in [2.24, 2.45) is 5.92 Å². The average molecular weight is 304 g/mol. The molecule has 1 heterocycles. The zero-order chi connectivity index (χ0) is 14.9. The molecular weight excluding hydrogens is 284 g/mol. The smallest absolute Gasteiger partial charge is 0.207 e. The summed E-state index contributed by atoms with van der Waals surface area (Å²) in [6.07, 6.45) is 6.55. The van der Waals surface area contributed by atoms with Gasteiger partial charge in [0.25, 0.3) is 0 Å². The minimum absolute atomic E-state index is 0.156. The molecule has 112 valence electrons. The van der Waals surface area contributed by atoms with Crippen molar-refractivity contribution in [1.82, 2.24) is 4.31 Å². The molecule has 0 aromatic heterocycles. The van der Waals surface area contributed by atoms with Crippen LogP contribution in [0, 0.1) is 17.2 Å². The minimum atomic E-state index is -3.48. The van der Waals surface area contributed by atoms with E-state index in [4.69, 9.17) is 5.26 Å². The van der Waals surface area contributed by atoms with Gasteiger partial charge in [0.05, 0.1) is 16.5 Å². The molecule has 0 radical (unpaired) electrons. The highest BCUT2D eigenvalue weighted by molar-refractivity contribution is 7.89. The lowest BCUT2D eigenvalue weighted by Gasteiger charge is -2.43. The molecular formula is C16H20N2O2S. The molecule has 1 aromatic carbocycles. The first kappa shape index (κ1) is 14.6. The van der Waals surface area contributed by atoms with Crippen LogP contribution in [0.1, 0.15) is 44.1 Å². The Hall–Kier alpha value is -1.38. The molecule has 21 heavy (non-hydrogen) atoms. The normalized spacial score (nSPS) is 26.8. The summed E-state index contributed by atoms with van der Waals surface area (Å²) in [6.45, 7) is 0.611. The van der Waals surface area contributed by atoms with Crippen LogP contribution < -0.4 is 0 Å². The van der Waals surface area contributed by atoms with Crippen LogP contribution in [0.15, 0.2) is 29.2 Å². The Morgan fingerprint density at radius 3 is 2.71 bits per heavy atom. The molecule has 0 amide bonds. The summed E-state index contributed by atoms with van der Waals surface area (Å²) in [7, 11) is -3.48. The van der Waals surface area contributed by atoms with Gasteiger partial charge >= 0.3 is 0 Å². The molecule has 0 N–H and O–H groups in total. The van der Waals surface area contributed by atoms with Crippen molar-refractivity contribution in [2.45, 2.75) is 49.5 Å². The summed E-state index contributed by atoms with van der Waals surface area (Å²) < 4.78 is 27.6. The molecule has 1 aliphatic carbocycles. The van der Waals surface area contributed by atoms with Gasteiger partial charge in [-0.3, -0.25) is 0 Å². The van der Waals surface area contributed by atoms with Gasteiger partial charge in [-0.15, -0.1) is 0 Å². The van der Waals surface area contributed by atoms with Crippen molar-refractivity contribution in [3.05, 3.63) is 29.8 Å². The first-order chi connectivity index (χ1) is 10.1. The highest BCUT2D eigenvalue weighted by Crippen LogP contribution is 2.38. The Labute approximate surface area is 126 Å². The Morgan fingerprint density at radius 1 is 1.14 bits per heavy atom. The third-order valence-electron chi connectivity index (χ3n) is 4.76. The lowest BCUT2D eigenvalue weighted by atomic mass is 9.79. The maximum absolute atomic E-state index is 12.9. The maximum atomic E-state index is 12.9. The summed E-state index contributed by atoms with van der Waals surface area (Å²) in [5, 5.41) is 8.97. The summed E-state index contributed by atoms with van der Waals surface area (Å²) in [4.78, 5) is 0.257. The highest BCUT2D eigenvalue weighted by Gasteiger charge is 2.39. The molecule has 1 saturated carbocycles. The van der Waals surface area contributed by atoms with Gasteiger partial charge < -0.3 is 0 Å². The first-order valence-corrected chi connectivity index (χ1v) is 9.09. The molecule has 5 heteroatoms. The van der Waals surface area contributed by atoms with Crippen molar-refractivity contribution in [3.63, 3.8) is 0 Å². The van der Waals surface area contributed by atoms with Crippen LogP contribution in [0.2, 0.25) is 0 Å². The largest absolute Gasteiger partial charge is 0.243 e. The number of hydrogen-bond donors (Lipinski definition) is 0. The lowest BCUT2D eigenvalue weighted by Crippen LogP contribution is -2.49. The second-order valence-electron chi connectivity index (χ2n) is 6.01. The molecule has 3 rings (SSSR count). The quantitative estimate of drug-likeness (QED) is 0.844. The molecule has 2 atom stereocenters. The highest BCUT2D eigenvalue weighted by atomic mass is 32.2. The van der Waals surface area contributed by atoms with Crippen LogP contribution in [0.3, 0.4) is 0 Å². The van der Waals surface area contributed by atoms with Gasteiger partial charge in [-0.1, -0.05) is 18.9 Å². The number of fused-ring (bicyclic) bond motifs is 1. The Kier molecular flexibility index (Phi) is 4.01. The van der Waals surface area contributed by atoms with Gasteiger partial charge in [0.2, 0.25) is 10.0 Å². The van der Waals surface area contributed by atoms with Gasteiger partial charge in [-0.2, -0.15) is 9.57 Å². The van der Waals surface area contributed by atoms with Crippen molar-refractivity contribution in [2.75, 3.05) is 6.54 Å². The van der Waals surface area contributed by atoms with Gasteiger partial charge in [0, 0.05) is 12.6 Å². The van der Waals surface area contributed by atoms with Gasteiger partial charge in [0.15, 0.2) is 0 Å². The number of hydrogen-bond acceptors (Lipinski definition) is 3. The summed E-state index contributed by atoms with van der Waals surface area (Å²) >= 11 is 0. The van der Waals surface area contributed by atoms with Crippen LogP contribution >= 0.6 is 0 Å². The van der Waals surface area contributed by atoms with E-state index in [1.165, 1.54) is 12.5 Å². The molecule has 1 saturated heterocycles. The fraction of sp³-hybridized carbons (Fsp3) is 0.562. The standard InChI is InChI=1S/C16H20N2O2S/c17-12-13-5-3-8-15(11-13)21(19,20)18-10-4-7-14-6-1-2-9-16(14)18/h3,5,8,11,14,16H,1-2,4,6-7,9-10H2/t14-,16-/m1/s1. The SMILES string of the molecule is N#Cc1cccc(S(=O)(=O)N2CCC[C@H]3CCCC[C@H]32)c1. The van der Waals surface area contributed by atoms with E-state index in [1.807, 2.05) is 6.07 Å². The number of rotatable bonds is 2. The Bertz CT molecular complexity index is 661. The average Bonchev–Trinajstić information content (AvgIpc) is 2.54. The van der Waals surface area contributed by atoms with E-state index in [1.54, 1.807) is 22.5 Å². The third kappa shape index (κ3) is 2.70. The topological polar surface area (TPSA) is 61.2 Å². The van der Waals surface area contributed by atoms with Crippen LogP contribution in [-0.2, 0) is 10.0 Å². The molecule has 4 nitrogen and oxygen atoms in total. The maximum Gasteiger partial charge on any atom is 0.243 e. The van der Waals surface area contributed by atoms with Gasteiger partial charge in [-0.05, 0) is 49.8 Å². The third-order valence-corrected chi connectivity index (χ3v) is 6.68. The molecule has 2 fully saturated rings.